The van der Waals surface area contributed by atoms with Gasteiger partial charge >= 0.3 is 0 Å². The molecule has 22 heavy (non-hydrogen) atoms. The number of nitrogens with zero attached hydrogens (tertiary/aromatic N) is 1. The van der Waals surface area contributed by atoms with E-state index in [0.717, 1.165) is 17.0 Å². The highest BCUT2D eigenvalue weighted by atomic mass is 35.5. The molecule has 3 nitrogen and oxygen atoms in total. The van der Waals surface area contributed by atoms with Crippen LogP contribution in [0.2, 0.25) is 5.02 Å². The molecule has 2 aromatic carbocycles. The minimum Gasteiger partial charge on any atom is -0.497 e. The van der Waals surface area contributed by atoms with Gasteiger partial charge < -0.3 is 4.74 Å². The third kappa shape index (κ3) is 2.81. The summed E-state index contributed by atoms with van der Waals surface area (Å²) in [6.07, 6.45) is 0. The van der Waals surface area contributed by atoms with E-state index in [9.17, 15) is 4.79 Å². The highest BCUT2D eigenvalue weighted by Gasteiger charge is 2.39. The molecule has 0 bridgehead atoms. The summed E-state index contributed by atoms with van der Waals surface area (Å²) in [6, 6.07) is 15.2. The minimum absolute atomic E-state index is 0.0328. The summed E-state index contributed by atoms with van der Waals surface area (Å²) in [6.45, 7) is 1.94. The number of halogens is 1. The van der Waals surface area contributed by atoms with E-state index < -0.39 is 0 Å². The molecule has 2 aromatic rings. The molecule has 0 spiro atoms. The number of hydrogen-bond acceptors (Lipinski definition) is 3. The Morgan fingerprint density at radius 2 is 1.73 bits per heavy atom. The van der Waals surface area contributed by atoms with Gasteiger partial charge in [-0.2, -0.15) is 0 Å². The van der Waals surface area contributed by atoms with Crippen LogP contribution >= 0.6 is 23.4 Å². The van der Waals surface area contributed by atoms with Gasteiger partial charge in [-0.1, -0.05) is 23.7 Å². The number of carbonyl (C=O) groups excluding carboxylic acids is 1. The SMILES string of the molecule is COc1ccc([C@@H]2S[C@@H](C)C(=O)N2c2ccc(Cl)cc2)cc1. The fourth-order valence-electron chi connectivity index (χ4n) is 2.48. The Bertz CT molecular complexity index is 672. The molecule has 0 N–H and O–H groups in total. The van der Waals surface area contributed by atoms with Crippen LogP contribution in [0.25, 0.3) is 0 Å². The summed E-state index contributed by atoms with van der Waals surface area (Å²) in [7, 11) is 1.64. The monoisotopic (exact) mass is 333 g/mol. The molecular formula is C17H16ClNO2S. The second-order valence-electron chi connectivity index (χ2n) is 5.09. The number of anilines is 1. The maximum Gasteiger partial charge on any atom is 0.241 e. The minimum atomic E-state index is -0.0669. The average molecular weight is 334 g/mol. The summed E-state index contributed by atoms with van der Waals surface area (Å²) in [5.74, 6) is 0.928. The topological polar surface area (TPSA) is 29.5 Å². The van der Waals surface area contributed by atoms with Crippen molar-refractivity contribution in [3.05, 3.63) is 59.1 Å². The van der Waals surface area contributed by atoms with Gasteiger partial charge in [0.25, 0.3) is 0 Å². The lowest BCUT2D eigenvalue weighted by Gasteiger charge is -2.24. The van der Waals surface area contributed by atoms with Gasteiger partial charge in [-0.15, -0.1) is 11.8 Å². The molecule has 3 rings (SSSR count). The number of hydrogen-bond donors (Lipinski definition) is 0. The summed E-state index contributed by atoms with van der Waals surface area (Å²) < 4.78 is 5.20. The number of benzene rings is 2. The average Bonchev–Trinajstić information content (AvgIpc) is 2.84. The van der Waals surface area contributed by atoms with Crippen molar-refractivity contribution in [2.45, 2.75) is 17.5 Å². The lowest BCUT2D eigenvalue weighted by atomic mass is 10.1. The number of amides is 1. The van der Waals surface area contributed by atoms with Crippen LogP contribution in [-0.4, -0.2) is 18.3 Å². The van der Waals surface area contributed by atoms with Crippen molar-refractivity contribution < 1.29 is 9.53 Å². The van der Waals surface area contributed by atoms with E-state index >= 15 is 0 Å². The Morgan fingerprint density at radius 3 is 2.32 bits per heavy atom. The van der Waals surface area contributed by atoms with E-state index in [1.165, 1.54) is 0 Å². The number of carbonyl (C=O) groups is 1. The van der Waals surface area contributed by atoms with Gasteiger partial charge in [0.1, 0.15) is 11.1 Å². The van der Waals surface area contributed by atoms with Crippen molar-refractivity contribution >= 4 is 35.0 Å². The first-order valence-electron chi connectivity index (χ1n) is 6.98. The van der Waals surface area contributed by atoms with Crippen LogP contribution in [-0.2, 0) is 4.79 Å². The Morgan fingerprint density at radius 1 is 1.09 bits per heavy atom. The lowest BCUT2D eigenvalue weighted by Crippen LogP contribution is -2.30. The first-order valence-corrected chi connectivity index (χ1v) is 8.30. The molecule has 1 heterocycles. The maximum absolute atomic E-state index is 12.5. The van der Waals surface area contributed by atoms with Gasteiger partial charge in [0, 0.05) is 10.7 Å². The second-order valence-corrected chi connectivity index (χ2v) is 6.95. The fourth-order valence-corrected chi connectivity index (χ4v) is 3.89. The number of rotatable bonds is 3. The molecule has 1 amide bonds. The van der Waals surface area contributed by atoms with Gasteiger partial charge in [-0.3, -0.25) is 9.69 Å². The first-order chi connectivity index (χ1) is 10.6. The standard InChI is InChI=1S/C17H16ClNO2S/c1-11-16(20)19(14-7-5-13(18)6-8-14)17(22-11)12-3-9-15(21-2)10-4-12/h3-11,17H,1-2H3/t11-,17-/m0/s1. The van der Waals surface area contributed by atoms with Gasteiger partial charge in [0.05, 0.1) is 12.4 Å². The molecule has 114 valence electrons. The first kappa shape index (κ1) is 15.3. The molecule has 1 aliphatic rings. The Balaban J connectivity index is 1.97. The Hall–Kier alpha value is -1.65. The van der Waals surface area contributed by atoms with E-state index in [1.807, 2.05) is 60.4 Å². The second kappa shape index (κ2) is 6.23. The van der Waals surface area contributed by atoms with Crippen LogP contribution in [0.4, 0.5) is 5.69 Å². The zero-order valence-corrected chi connectivity index (χ0v) is 13.9. The molecule has 1 saturated heterocycles. The highest BCUT2D eigenvalue weighted by Crippen LogP contribution is 2.45. The maximum atomic E-state index is 12.5. The quantitative estimate of drug-likeness (QED) is 0.827. The molecular weight excluding hydrogens is 318 g/mol. The molecule has 2 atom stereocenters. The van der Waals surface area contributed by atoms with E-state index in [2.05, 4.69) is 0 Å². The van der Waals surface area contributed by atoms with Crippen LogP contribution < -0.4 is 9.64 Å². The normalized spacial score (nSPS) is 21.2. The van der Waals surface area contributed by atoms with Crippen LogP contribution in [0.3, 0.4) is 0 Å². The van der Waals surface area contributed by atoms with E-state index in [-0.39, 0.29) is 16.5 Å². The van der Waals surface area contributed by atoms with Gasteiger partial charge in [-0.05, 0) is 48.9 Å². The van der Waals surface area contributed by atoms with Gasteiger partial charge in [0.15, 0.2) is 0 Å². The van der Waals surface area contributed by atoms with Crippen LogP contribution in [0.15, 0.2) is 48.5 Å². The third-order valence-electron chi connectivity index (χ3n) is 3.66. The predicted octanol–water partition coefficient (Wildman–Crippen LogP) is 4.52. The molecule has 1 aliphatic heterocycles. The third-order valence-corrected chi connectivity index (χ3v) is 5.26. The molecule has 0 aromatic heterocycles. The Labute approximate surface area is 139 Å². The largest absolute Gasteiger partial charge is 0.497 e. The molecule has 0 aliphatic carbocycles. The van der Waals surface area contributed by atoms with Gasteiger partial charge in [-0.25, -0.2) is 0 Å². The molecule has 5 heteroatoms. The van der Waals surface area contributed by atoms with E-state index in [4.69, 9.17) is 16.3 Å². The predicted molar refractivity (Wildman–Crippen MR) is 91.7 cm³/mol. The van der Waals surface area contributed by atoms with E-state index in [1.54, 1.807) is 18.9 Å². The summed E-state index contributed by atoms with van der Waals surface area (Å²) in [5.41, 5.74) is 1.95. The van der Waals surface area contributed by atoms with Crippen molar-refractivity contribution in [1.29, 1.82) is 0 Å². The number of methoxy groups -OCH3 is 1. The van der Waals surface area contributed by atoms with Crippen molar-refractivity contribution in [3.63, 3.8) is 0 Å². The van der Waals surface area contributed by atoms with Crippen LogP contribution in [0.5, 0.6) is 5.75 Å². The van der Waals surface area contributed by atoms with E-state index in [0.29, 0.717) is 5.02 Å². The van der Waals surface area contributed by atoms with Crippen molar-refractivity contribution in [2.75, 3.05) is 12.0 Å². The van der Waals surface area contributed by atoms with Crippen LogP contribution in [0.1, 0.15) is 17.9 Å². The summed E-state index contributed by atoms with van der Waals surface area (Å²) in [4.78, 5) is 14.4. The number of thioether (sulfide) groups is 1. The molecule has 1 fully saturated rings. The van der Waals surface area contributed by atoms with Crippen molar-refractivity contribution in [3.8, 4) is 5.75 Å². The number of ether oxygens (including phenoxy) is 1. The summed E-state index contributed by atoms with van der Waals surface area (Å²) >= 11 is 7.60. The smallest absolute Gasteiger partial charge is 0.241 e. The zero-order chi connectivity index (χ0) is 15.7. The van der Waals surface area contributed by atoms with Crippen molar-refractivity contribution in [1.82, 2.24) is 0 Å². The highest BCUT2D eigenvalue weighted by molar-refractivity contribution is 8.01. The summed E-state index contributed by atoms with van der Waals surface area (Å²) in [5, 5.41) is 0.564. The van der Waals surface area contributed by atoms with Crippen LogP contribution in [0, 0.1) is 0 Å². The zero-order valence-electron chi connectivity index (χ0n) is 12.3. The molecule has 0 radical (unpaired) electrons. The Kier molecular flexibility index (Phi) is 4.32. The molecule has 0 saturated carbocycles. The van der Waals surface area contributed by atoms with Gasteiger partial charge in [0.2, 0.25) is 5.91 Å². The fraction of sp³-hybridized carbons (Fsp3) is 0.235. The van der Waals surface area contributed by atoms with Crippen molar-refractivity contribution in [2.24, 2.45) is 0 Å². The lowest BCUT2D eigenvalue weighted by molar-refractivity contribution is -0.117. The molecule has 0 unspecified atom stereocenters.